The number of rotatable bonds is 13. The molecule has 3 nitrogen and oxygen atoms in total. The third kappa shape index (κ3) is 9.71. The maximum Gasteiger partial charge on any atom is 0.338 e. The lowest BCUT2D eigenvalue weighted by Gasteiger charge is -2.08. The van der Waals surface area contributed by atoms with Crippen molar-refractivity contribution in [2.24, 2.45) is 5.92 Å². The van der Waals surface area contributed by atoms with E-state index in [1.165, 1.54) is 24.8 Å². The van der Waals surface area contributed by atoms with Crippen LogP contribution in [-0.4, -0.2) is 25.8 Å². The highest BCUT2D eigenvalue weighted by Crippen LogP contribution is 2.10. The molecule has 0 heterocycles. The summed E-state index contributed by atoms with van der Waals surface area (Å²) >= 11 is 0. The lowest BCUT2D eigenvalue weighted by molar-refractivity contribution is 0.0312. The quantitative estimate of drug-likeness (QED) is 0.357. The van der Waals surface area contributed by atoms with E-state index in [0.717, 1.165) is 38.2 Å². The zero-order valence-corrected chi connectivity index (χ0v) is 15.7. The Hall–Kier alpha value is -1.35. The fraction of sp³-hybridized carbons (Fsp3) is 0.667. The first-order valence-electron chi connectivity index (χ1n) is 9.47. The second-order valence-electron chi connectivity index (χ2n) is 6.80. The van der Waals surface area contributed by atoms with Gasteiger partial charge >= 0.3 is 5.97 Å². The molecule has 0 spiro atoms. The fourth-order valence-corrected chi connectivity index (χ4v) is 2.55. The predicted octanol–water partition coefficient (Wildman–Crippen LogP) is 5.42. The van der Waals surface area contributed by atoms with Gasteiger partial charge in [0.2, 0.25) is 0 Å². The predicted molar refractivity (Wildman–Crippen MR) is 99.5 cm³/mol. The lowest BCUT2D eigenvalue weighted by Crippen LogP contribution is -2.11. The average molecular weight is 334 g/mol. The molecule has 0 saturated carbocycles. The van der Waals surface area contributed by atoms with Crippen molar-refractivity contribution in [2.75, 3.05) is 19.8 Å². The Bertz CT molecular complexity index is 454. The van der Waals surface area contributed by atoms with Gasteiger partial charge in [-0.15, -0.1) is 0 Å². The first kappa shape index (κ1) is 20.7. The molecule has 0 N–H and O–H groups in total. The molecule has 0 bridgehead atoms. The van der Waals surface area contributed by atoms with Crippen molar-refractivity contribution in [1.82, 2.24) is 0 Å². The summed E-state index contributed by atoms with van der Waals surface area (Å²) in [6.07, 6.45) is 8.16. The van der Waals surface area contributed by atoms with Crippen LogP contribution in [-0.2, 0) is 15.9 Å². The second-order valence-corrected chi connectivity index (χ2v) is 6.80. The van der Waals surface area contributed by atoms with Crippen LogP contribution in [0.2, 0.25) is 0 Å². The third-order valence-electron chi connectivity index (χ3n) is 4.01. The number of benzene rings is 1. The third-order valence-corrected chi connectivity index (χ3v) is 4.01. The summed E-state index contributed by atoms with van der Waals surface area (Å²) in [6.45, 7) is 8.23. The van der Waals surface area contributed by atoms with E-state index in [-0.39, 0.29) is 5.97 Å². The minimum Gasteiger partial charge on any atom is -0.460 e. The first-order chi connectivity index (χ1) is 11.6. The molecule has 0 aliphatic carbocycles. The zero-order chi connectivity index (χ0) is 17.6. The zero-order valence-electron chi connectivity index (χ0n) is 15.7. The Morgan fingerprint density at radius 1 is 1.04 bits per heavy atom. The molecule has 136 valence electrons. The van der Waals surface area contributed by atoms with Crippen molar-refractivity contribution in [2.45, 2.75) is 65.7 Å². The molecule has 1 aromatic rings. The number of esters is 1. The van der Waals surface area contributed by atoms with E-state index >= 15 is 0 Å². The monoisotopic (exact) mass is 334 g/mol. The number of ether oxygens (including phenoxy) is 2. The molecule has 1 rings (SSSR count). The van der Waals surface area contributed by atoms with E-state index in [1.54, 1.807) is 0 Å². The van der Waals surface area contributed by atoms with Gasteiger partial charge in [-0.05, 0) is 42.9 Å². The van der Waals surface area contributed by atoms with Crippen molar-refractivity contribution in [3.8, 4) is 0 Å². The minimum atomic E-state index is -0.256. The van der Waals surface area contributed by atoms with Crippen LogP contribution < -0.4 is 0 Å². The fourth-order valence-electron chi connectivity index (χ4n) is 2.55. The van der Waals surface area contributed by atoms with Gasteiger partial charge in [-0.2, -0.15) is 0 Å². The van der Waals surface area contributed by atoms with Gasteiger partial charge in [-0.3, -0.25) is 0 Å². The summed E-state index contributed by atoms with van der Waals surface area (Å²) in [7, 11) is 0. The van der Waals surface area contributed by atoms with Crippen molar-refractivity contribution in [1.29, 1.82) is 0 Å². The van der Waals surface area contributed by atoms with E-state index in [0.29, 0.717) is 18.8 Å². The van der Waals surface area contributed by atoms with Crippen LogP contribution >= 0.6 is 0 Å². The number of hydrogen-bond acceptors (Lipinski definition) is 3. The second kappa shape index (κ2) is 13.0. The number of hydrogen-bond donors (Lipinski definition) is 0. The van der Waals surface area contributed by atoms with Crippen LogP contribution in [0, 0.1) is 5.92 Å². The molecule has 0 radical (unpaired) electrons. The van der Waals surface area contributed by atoms with Crippen molar-refractivity contribution in [3.63, 3.8) is 0 Å². The van der Waals surface area contributed by atoms with Crippen LogP contribution in [0.15, 0.2) is 24.3 Å². The molecule has 0 amide bonds. The SMILES string of the molecule is CCCCc1cccc(C(=O)OCCOCCCCCC(C)C)c1. The normalized spacial score (nSPS) is 11.0. The van der Waals surface area contributed by atoms with E-state index in [9.17, 15) is 4.79 Å². The number of aryl methyl sites for hydroxylation is 1. The van der Waals surface area contributed by atoms with E-state index in [1.807, 2.05) is 18.2 Å². The summed E-state index contributed by atoms with van der Waals surface area (Å²) in [5.41, 5.74) is 1.83. The number of carbonyl (C=O) groups is 1. The minimum absolute atomic E-state index is 0.256. The smallest absolute Gasteiger partial charge is 0.338 e. The van der Waals surface area contributed by atoms with Gasteiger partial charge in [0.25, 0.3) is 0 Å². The molecule has 3 heteroatoms. The average Bonchev–Trinajstić information content (AvgIpc) is 2.58. The number of unbranched alkanes of at least 4 members (excludes halogenated alkanes) is 3. The number of carbonyl (C=O) groups excluding carboxylic acids is 1. The largest absolute Gasteiger partial charge is 0.460 e. The summed E-state index contributed by atoms with van der Waals surface area (Å²) in [6, 6.07) is 7.74. The van der Waals surface area contributed by atoms with Gasteiger partial charge in [0.05, 0.1) is 12.2 Å². The van der Waals surface area contributed by atoms with Crippen molar-refractivity contribution in [3.05, 3.63) is 35.4 Å². The molecule has 0 saturated heterocycles. The van der Waals surface area contributed by atoms with Crippen LogP contribution in [0.3, 0.4) is 0 Å². The standard InChI is InChI=1S/C21H34O3/c1-4-5-11-19-12-9-13-20(17-19)21(22)24-16-15-23-14-8-6-7-10-18(2)3/h9,12-13,17-18H,4-8,10-11,14-16H2,1-3H3. The molecule has 0 fully saturated rings. The van der Waals surface area contributed by atoms with Crippen LogP contribution in [0.25, 0.3) is 0 Å². The Morgan fingerprint density at radius 2 is 1.88 bits per heavy atom. The molecule has 24 heavy (non-hydrogen) atoms. The highest BCUT2D eigenvalue weighted by molar-refractivity contribution is 5.89. The van der Waals surface area contributed by atoms with Crippen LogP contribution in [0.5, 0.6) is 0 Å². The first-order valence-corrected chi connectivity index (χ1v) is 9.47. The Balaban J connectivity index is 2.11. The van der Waals surface area contributed by atoms with Gasteiger partial charge in [0, 0.05) is 6.61 Å². The topological polar surface area (TPSA) is 35.5 Å². The lowest BCUT2D eigenvalue weighted by atomic mass is 10.1. The highest BCUT2D eigenvalue weighted by atomic mass is 16.6. The Labute approximate surface area is 147 Å². The van der Waals surface area contributed by atoms with Gasteiger partial charge in [-0.1, -0.05) is 58.6 Å². The molecule has 0 aliphatic rings. The molecular weight excluding hydrogens is 300 g/mol. The van der Waals surface area contributed by atoms with Crippen molar-refractivity contribution >= 4 is 5.97 Å². The summed E-state index contributed by atoms with van der Waals surface area (Å²) in [4.78, 5) is 12.0. The summed E-state index contributed by atoms with van der Waals surface area (Å²) in [5.74, 6) is 0.527. The Morgan fingerprint density at radius 3 is 2.62 bits per heavy atom. The molecule has 0 aromatic heterocycles. The van der Waals surface area contributed by atoms with Crippen LogP contribution in [0.1, 0.15) is 75.2 Å². The van der Waals surface area contributed by atoms with Gasteiger partial charge in [-0.25, -0.2) is 4.79 Å². The molecule has 1 aromatic carbocycles. The maximum atomic E-state index is 12.0. The van der Waals surface area contributed by atoms with E-state index in [4.69, 9.17) is 9.47 Å². The van der Waals surface area contributed by atoms with E-state index < -0.39 is 0 Å². The van der Waals surface area contributed by atoms with Gasteiger partial charge < -0.3 is 9.47 Å². The summed E-state index contributed by atoms with van der Waals surface area (Å²) in [5, 5.41) is 0. The molecule has 0 aliphatic heterocycles. The van der Waals surface area contributed by atoms with Gasteiger partial charge in [0.1, 0.15) is 6.61 Å². The van der Waals surface area contributed by atoms with Crippen molar-refractivity contribution < 1.29 is 14.3 Å². The highest BCUT2D eigenvalue weighted by Gasteiger charge is 2.07. The molecular formula is C21H34O3. The van der Waals surface area contributed by atoms with Gasteiger partial charge in [0.15, 0.2) is 0 Å². The van der Waals surface area contributed by atoms with Crippen LogP contribution in [0.4, 0.5) is 0 Å². The molecule has 0 atom stereocenters. The molecule has 0 unspecified atom stereocenters. The van der Waals surface area contributed by atoms with E-state index in [2.05, 4.69) is 26.8 Å². The summed E-state index contributed by atoms with van der Waals surface area (Å²) < 4.78 is 10.8. The maximum absolute atomic E-state index is 12.0. The Kier molecular flexibility index (Phi) is 11.2.